The molecule has 5 heteroatoms. The highest BCUT2D eigenvalue weighted by Crippen LogP contribution is 2.13. The van der Waals surface area contributed by atoms with E-state index in [1.807, 2.05) is 0 Å². The fourth-order valence-corrected chi connectivity index (χ4v) is 1.63. The van der Waals surface area contributed by atoms with E-state index in [2.05, 4.69) is 0 Å². The van der Waals surface area contributed by atoms with Crippen molar-refractivity contribution >= 4 is 5.78 Å². The first-order chi connectivity index (χ1) is 8.16. The number of carbonyl (C=O) groups excluding carboxylic acids is 1. The van der Waals surface area contributed by atoms with Gasteiger partial charge in [-0.3, -0.25) is 4.79 Å². The Balaban J connectivity index is 1.96. The number of hydrogen-bond donors (Lipinski definition) is 0. The average molecular weight is 242 g/mol. The summed E-state index contributed by atoms with van der Waals surface area (Å²) in [6.45, 7) is 0.792. The molecule has 1 atom stereocenters. The van der Waals surface area contributed by atoms with E-state index in [-0.39, 0.29) is 18.3 Å². The molecule has 0 aromatic heterocycles. The van der Waals surface area contributed by atoms with Crippen LogP contribution >= 0.6 is 0 Å². The second-order valence-electron chi connectivity index (χ2n) is 3.84. The van der Waals surface area contributed by atoms with Crippen LogP contribution in [-0.2, 0) is 9.47 Å². The van der Waals surface area contributed by atoms with E-state index < -0.39 is 17.4 Å². The lowest BCUT2D eigenvalue weighted by Gasteiger charge is -2.09. The minimum absolute atomic E-state index is 0.129. The van der Waals surface area contributed by atoms with Gasteiger partial charge in [-0.05, 0) is 24.6 Å². The number of halogens is 2. The van der Waals surface area contributed by atoms with Crippen LogP contribution in [0.25, 0.3) is 0 Å². The van der Waals surface area contributed by atoms with Crippen molar-refractivity contribution < 1.29 is 23.0 Å². The molecule has 1 aromatic carbocycles. The van der Waals surface area contributed by atoms with Gasteiger partial charge in [-0.2, -0.15) is 0 Å². The SMILES string of the molecule is O=C(COC1CCOC1)c1cc(F)ccc1F. The zero-order chi connectivity index (χ0) is 12.3. The Kier molecular flexibility index (Phi) is 3.81. The topological polar surface area (TPSA) is 35.5 Å². The standard InChI is InChI=1S/C12H12F2O3/c13-8-1-2-11(14)10(5-8)12(15)7-17-9-3-4-16-6-9/h1-2,5,9H,3-4,6-7H2. The molecule has 17 heavy (non-hydrogen) atoms. The van der Waals surface area contributed by atoms with Gasteiger partial charge in [0.1, 0.15) is 18.2 Å². The summed E-state index contributed by atoms with van der Waals surface area (Å²) in [7, 11) is 0. The van der Waals surface area contributed by atoms with Gasteiger partial charge in [0.05, 0.1) is 18.3 Å². The van der Waals surface area contributed by atoms with Gasteiger partial charge in [-0.15, -0.1) is 0 Å². The van der Waals surface area contributed by atoms with Crippen molar-refractivity contribution in [3.05, 3.63) is 35.4 Å². The number of ketones is 1. The Morgan fingerprint density at radius 1 is 1.47 bits per heavy atom. The molecule has 0 aliphatic carbocycles. The molecule has 0 saturated carbocycles. The van der Waals surface area contributed by atoms with Crippen molar-refractivity contribution in [2.75, 3.05) is 19.8 Å². The van der Waals surface area contributed by atoms with Crippen molar-refractivity contribution in [2.24, 2.45) is 0 Å². The molecule has 3 nitrogen and oxygen atoms in total. The molecular weight excluding hydrogens is 230 g/mol. The van der Waals surface area contributed by atoms with Crippen LogP contribution in [0.2, 0.25) is 0 Å². The zero-order valence-electron chi connectivity index (χ0n) is 9.12. The quantitative estimate of drug-likeness (QED) is 0.757. The molecule has 1 saturated heterocycles. The van der Waals surface area contributed by atoms with Gasteiger partial charge < -0.3 is 9.47 Å². The Bertz CT molecular complexity index is 414. The molecule has 2 rings (SSSR count). The van der Waals surface area contributed by atoms with Gasteiger partial charge in [0.25, 0.3) is 0 Å². The van der Waals surface area contributed by atoms with Crippen molar-refractivity contribution in [3.63, 3.8) is 0 Å². The number of ether oxygens (including phenoxy) is 2. The highest BCUT2D eigenvalue weighted by molar-refractivity contribution is 5.97. The van der Waals surface area contributed by atoms with Gasteiger partial charge in [-0.1, -0.05) is 0 Å². The lowest BCUT2D eigenvalue weighted by atomic mass is 10.1. The van der Waals surface area contributed by atoms with Crippen LogP contribution < -0.4 is 0 Å². The Morgan fingerprint density at radius 2 is 2.29 bits per heavy atom. The first-order valence-corrected chi connectivity index (χ1v) is 5.34. The first kappa shape index (κ1) is 12.1. The zero-order valence-corrected chi connectivity index (χ0v) is 9.12. The van der Waals surface area contributed by atoms with E-state index in [0.29, 0.717) is 13.2 Å². The molecule has 0 amide bonds. The molecule has 1 fully saturated rings. The van der Waals surface area contributed by atoms with Crippen LogP contribution in [0.4, 0.5) is 8.78 Å². The van der Waals surface area contributed by atoms with Gasteiger partial charge in [0.2, 0.25) is 0 Å². The van der Waals surface area contributed by atoms with Gasteiger partial charge in [-0.25, -0.2) is 8.78 Å². The molecule has 0 bridgehead atoms. The van der Waals surface area contributed by atoms with Crippen molar-refractivity contribution in [1.29, 1.82) is 0 Å². The molecular formula is C12H12F2O3. The van der Waals surface area contributed by atoms with Crippen LogP contribution in [0, 0.1) is 11.6 Å². The smallest absolute Gasteiger partial charge is 0.191 e. The van der Waals surface area contributed by atoms with E-state index in [1.54, 1.807) is 0 Å². The second-order valence-corrected chi connectivity index (χ2v) is 3.84. The summed E-state index contributed by atoms with van der Waals surface area (Å²) in [5.41, 5.74) is -0.274. The molecule has 1 heterocycles. The summed E-state index contributed by atoms with van der Waals surface area (Å²) < 4.78 is 36.4. The molecule has 0 radical (unpaired) electrons. The van der Waals surface area contributed by atoms with E-state index >= 15 is 0 Å². The van der Waals surface area contributed by atoms with Gasteiger partial charge in [0.15, 0.2) is 5.78 Å². The van der Waals surface area contributed by atoms with E-state index in [1.165, 1.54) is 0 Å². The molecule has 0 N–H and O–H groups in total. The normalized spacial score (nSPS) is 19.5. The number of benzene rings is 1. The largest absolute Gasteiger partial charge is 0.379 e. The Morgan fingerprint density at radius 3 is 3.00 bits per heavy atom. The van der Waals surface area contributed by atoms with E-state index in [4.69, 9.17) is 9.47 Å². The third kappa shape index (κ3) is 3.08. The Labute approximate surface area is 97.3 Å². The summed E-state index contributed by atoms with van der Waals surface area (Å²) in [5, 5.41) is 0. The summed E-state index contributed by atoms with van der Waals surface area (Å²) in [6, 6.07) is 2.78. The van der Waals surface area contributed by atoms with Crippen LogP contribution in [0.3, 0.4) is 0 Å². The first-order valence-electron chi connectivity index (χ1n) is 5.34. The monoisotopic (exact) mass is 242 g/mol. The van der Waals surface area contributed by atoms with Crippen molar-refractivity contribution in [1.82, 2.24) is 0 Å². The maximum Gasteiger partial charge on any atom is 0.191 e. The summed E-state index contributed by atoms with van der Waals surface area (Å²) in [6.07, 6.45) is 0.592. The predicted octanol–water partition coefficient (Wildman–Crippen LogP) is 1.95. The fourth-order valence-electron chi connectivity index (χ4n) is 1.63. The third-order valence-corrected chi connectivity index (χ3v) is 2.57. The summed E-state index contributed by atoms with van der Waals surface area (Å²) in [4.78, 5) is 11.6. The number of Topliss-reactive ketones (excluding diaryl/α,β-unsaturated/α-hetero) is 1. The minimum atomic E-state index is -0.734. The highest BCUT2D eigenvalue weighted by Gasteiger charge is 2.19. The summed E-state index contributed by atoms with van der Waals surface area (Å²) in [5.74, 6) is -1.93. The molecule has 1 aliphatic heterocycles. The fraction of sp³-hybridized carbons (Fsp3) is 0.417. The highest BCUT2D eigenvalue weighted by atomic mass is 19.1. The minimum Gasteiger partial charge on any atom is -0.379 e. The lowest BCUT2D eigenvalue weighted by Crippen LogP contribution is -2.19. The lowest BCUT2D eigenvalue weighted by molar-refractivity contribution is 0.0387. The van der Waals surface area contributed by atoms with Crippen molar-refractivity contribution in [2.45, 2.75) is 12.5 Å². The third-order valence-electron chi connectivity index (χ3n) is 2.57. The van der Waals surface area contributed by atoms with E-state index in [9.17, 15) is 13.6 Å². The van der Waals surface area contributed by atoms with Crippen LogP contribution in [0.5, 0.6) is 0 Å². The average Bonchev–Trinajstić information content (AvgIpc) is 2.82. The predicted molar refractivity (Wildman–Crippen MR) is 55.9 cm³/mol. The second kappa shape index (κ2) is 5.33. The van der Waals surface area contributed by atoms with E-state index in [0.717, 1.165) is 24.6 Å². The molecule has 92 valence electrons. The maximum atomic E-state index is 13.3. The summed E-state index contributed by atoms with van der Waals surface area (Å²) >= 11 is 0. The molecule has 1 aliphatic rings. The van der Waals surface area contributed by atoms with Crippen molar-refractivity contribution in [3.8, 4) is 0 Å². The molecule has 1 aromatic rings. The number of hydrogen-bond acceptors (Lipinski definition) is 3. The van der Waals surface area contributed by atoms with Gasteiger partial charge in [0, 0.05) is 6.61 Å². The molecule has 1 unspecified atom stereocenters. The number of carbonyl (C=O) groups is 1. The Hall–Kier alpha value is -1.33. The molecule has 0 spiro atoms. The maximum absolute atomic E-state index is 13.3. The number of rotatable bonds is 4. The van der Waals surface area contributed by atoms with Crippen LogP contribution in [0.1, 0.15) is 16.8 Å². The van der Waals surface area contributed by atoms with Crippen LogP contribution in [-0.4, -0.2) is 31.7 Å². The van der Waals surface area contributed by atoms with Gasteiger partial charge >= 0.3 is 0 Å². The van der Waals surface area contributed by atoms with Crippen LogP contribution in [0.15, 0.2) is 18.2 Å².